The minimum Gasteiger partial charge on any atom is -0.365 e. The van der Waals surface area contributed by atoms with E-state index < -0.39 is 11.3 Å². The van der Waals surface area contributed by atoms with E-state index in [2.05, 4.69) is 10.4 Å². The van der Waals surface area contributed by atoms with Gasteiger partial charge in [0.1, 0.15) is 5.10 Å². The highest BCUT2D eigenvalue weighted by Crippen LogP contribution is 1.92. The molecule has 8 nitrogen and oxygen atoms in total. The molecule has 3 N–H and O–H groups in total. The van der Waals surface area contributed by atoms with Gasteiger partial charge in [0, 0.05) is 13.2 Å². The van der Waals surface area contributed by atoms with Crippen molar-refractivity contribution >= 4 is 5.96 Å². The molecule has 0 fully saturated rings. The van der Waals surface area contributed by atoms with Gasteiger partial charge in [-0.05, 0) is 13.8 Å². The maximum Gasteiger partial charge on any atom is 0.266 e. The summed E-state index contributed by atoms with van der Waals surface area (Å²) >= 11 is 0. The van der Waals surface area contributed by atoms with Gasteiger partial charge in [0.15, 0.2) is 11.3 Å². The van der Waals surface area contributed by atoms with E-state index in [1.807, 2.05) is 13.8 Å². The first-order chi connectivity index (χ1) is 7.10. The third-order valence-electron chi connectivity index (χ3n) is 1.34. The molecule has 0 bridgehead atoms. The van der Waals surface area contributed by atoms with E-state index in [1.165, 1.54) is 0 Å². The van der Waals surface area contributed by atoms with Crippen molar-refractivity contribution in [3.63, 3.8) is 0 Å². The fraction of sp³-hybridized carbons (Fsp3) is 0.857. The van der Waals surface area contributed by atoms with Crippen LogP contribution in [0.1, 0.15) is 13.8 Å². The second-order valence-corrected chi connectivity index (χ2v) is 2.44. The van der Waals surface area contributed by atoms with Crippen LogP contribution in [0, 0.1) is 10.1 Å². The van der Waals surface area contributed by atoms with E-state index in [0.29, 0.717) is 13.2 Å². The maximum absolute atomic E-state index is 9.94. The number of hydrazone groups is 1. The first-order valence-electron chi connectivity index (χ1n) is 4.55. The Morgan fingerprint density at radius 1 is 1.53 bits per heavy atom. The molecule has 0 unspecified atom stereocenters. The standard InChI is InChI=1S/C7H16N4O4/c1-3-14-6(15-4-2)5-9-7(8)10-11(12)13/h6H,3-5H2,1-2H3,(H3,8,9,10). The number of guanidine groups is 1. The molecule has 0 saturated heterocycles. The van der Waals surface area contributed by atoms with Crippen LogP contribution in [0.4, 0.5) is 0 Å². The summed E-state index contributed by atoms with van der Waals surface area (Å²) < 4.78 is 10.3. The number of rotatable bonds is 7. The minimum atomic E-state index is -0.876. The van der Waals surface area contributed by atoms with Crippen molar-refractivity contribution in [1.29, 1.82) is 0 Å². The van der Waals surface area contributed by atoms with E-state index in [-0.39, 0.29) is 12.5 Å². The summed E-state index contributed by atoms with van der Waals surface area (Å²) in [6, 6.07) is 0. The van der Waals surface area contributed by atoms with Crippen molar-refractivity contribution in [2.24, 2.45) is 10.8 Å². The monoisotopic (exact) mass is 220 g/mol. The summed E-state index contributed by atoms with van der Waals surface area (Å²) in [4.78, 5) is 9.94. The van der Waals surface area contributed by atoms with Crippen LogP contribution in [0.2, 0.25) is 0 Å². The molecule has 0 aromatic heterocycles. The van der Waals surface area contributed by atoms with Crippen molar-refractivity contribution in [2.75, 3.05) is 19.8 Å². The Labute approximate surface area is 87.6 Å². The Hall–Kier alpha value is -1.41. The number of ether oxygens (including phenoxy) is 2. The van der Waals surface area contributed by atoms with Gasteiger partial charge in [0.05, 0.1) is 6.54 Å². The summed E-state index contributed by atoms with van der Waals surface area (Å²) in [7, 11) is 0. The normalized spacial score (nSPS) is 11.8. The molecule has 0 aliphatic carbocycles. The predicted octanol–water partition coefficient (Wildman–Crippen LogP) is -0.518. The molecule has 0 amide bonds. The second-order valence-electron chi connectivity index (χ2n) is 2.44. The highest BCUT2D eigenvalue weighted by atomic mass is 16.7. The molecule has 0 aliphatic rings. The summed E-state index contributed by atoms with van der Waals surface area (Å²) in [6.45, 7) is 4.82. The highest BCUT2D eigenvalue weighted by Gasteiger charge is 2.08. The summed E-state index contributed by atoms with van der Waals surface area (Å²) in [5.74, 6) is -0.274. The number of hydrogen-bond donors (Lipinski definition) is 2. The molecule has 0 aromatic rings. The van der Waals surface area contributed by atoms with Gasteiger partial charge in [-0.3, -0.25) is 0 Å². The Bertz CT molecular complexity index is 215. The molecule has 0 heterocycles. The van der Waals surface area contributed by atoms with Crippen LogP contribution in [0.15, 0.2) is 5.10 Å². The smallest absolute Gasteiger partial charge is 0.266 e. The molecule has 0 aromatic carbocycles. The van der Waals surface area contributed by atoms with Gasteiger partial charge in [-0.2, -0.15) is 0 Å². The zero-order chi connectivity index (χ0) is 11.7. The molecular weight excluding hydrogens is 204 g/mol. The molecule has 0 saturated carbocycles. The summed E-state index contributed by atoms with van der Waals surface area (Å²) in [5, 5.41) is 14.4. The van der Waals surface area contributed by atoms with E-state index in [0.717, 1.165) is 0 Å². The number of nitrogens with zero attached hydrogens (tertiary/aromatic N) is 2. The molecule has 8 heteroatoms. The molecule has 0 rings (SSSR count). The Kier molecular flexibility index (Phi) is 7.20. The van der Waals surface area contributed by atoms with Crippen molar-refractivity contribution in [3.8, 4) is 0 Å². The van der Waals surface area contributed by atoms with Crippen LogP contribution in [-0.2, 0) is 9.47 Å². The van der Waals surface area contributed by atoms with Crippen LogP contribution in [0.5, 0.6) is 0 Å². The van der Waals surface area contributed by atoms with E-state index in [9.17, 15) is 10.1 Å². The lowest BCUT2D eigenvalue weighted by molar-refractivity contribution is -0.485. The molecule has 0 spiro atoms. The van der Waals surface area contributed by atoms with Gasteiger partial charge >= 0.3 is 0 Å². The molecule has 0 atom stereocenters. The van der Waals surface area contributed by atoms with Crippen LogP contribution < -0.4 is 11.1 Å². The SMILES string of the molecule is CCOC(CN/C(N)=N/[N+](=O)[O-])OCC. The topological polar surface area (TPSA) is 112 Å². The zero-order valence-electron chi connectivity index (χ0n) is 8.80. The summed E-state index contributed by atoms with van der Waals surface area (Å²) in [5.41, 5.74) is 5.20. The maximum atomic E-state index is 9.94. The predicted molar refractivity (Wildman–Crippen MR) is 53.7 cm³/mol. The lowest BCUT2D eigenvalue weighted by atomic mass is 10.6. The molecule has 88 valence electrons. The van der Waals surface area contributed by atoms with Crippen LogP contribution in [-0.4, -0.2) is 37.0 Å². The van der Waals surface area contributed by atoms with Crippen LogP contribution in [0.25, 0.3) is 0 Å². The molecule has 15 heavy (non-hydrogen) atoms. The van der Waals surface area contributed by atoms with E-state index >= 15 is 0 Å². The van der Waals surface area contributed by atoms with Crippen molar-refractivity contribution in [2.45, 2.75) is 20.1 Å². The number of nitro groups is 1. The van der Waals surface area contributed by atoms with E-state index in [4.69, 9.17) is 15.2 Å². The lowest BCUT2D eigenvalue weighted by Gasteiger charge is -2.16. The van der Waals surface area contributed by atoms with Gasteiger partial charge in [-0.25, -0.2) is 10.1 Å². The lowest BCUT2D eigenvalue weighted by Crippen LogP contribution is -2.40. The van der Waals surface area contributed by atoms with Gasteiger partial charge in [0.2, 0.25) is 0 Å². The number of nitrogens with two attached hydrogens (primary N) is 1. The highest BCUT2D eigenvalue weighted by molar-refractivity contribution is 5.76. The largest absolute Gasteiger partial charge is 0.365 e. The zero-order valence-corrected chi connectivity index (χ0v) is 8.80. The first-order valence-corrected chi connectivity index (χ1v) is 4.55. The van der Waals surface area contributed by atoms with Gasteiger partial charge < -0.3 is 20.5 Å². The fourth-order valence-electron chi connectivity index (χ4n) is 0.849. The van der Waals surface area contributed by atoms with Gasteiger partial charge in [-0.15, -0.1) is 0 Å². The Morgan fingerprint density at radius 2 is 2.07 bits per heavy atom. The fourth-order valence-corrected chi connectivity index (χ4v) is 0.849. The Morgan fingerprint density at radius 3 is 2.47 bits per heavy atom. The molecule has 0 radical (unpaired) electrons. The van der Waals surface area contributed by atoms with Gasteiger partial charge in [0.25, 0.3) is 5.96 Å². The van der Waals surface area contributed by atoms with Crippen molar-refractivity contribution in [1.82, 2.24) is 5.32 Å². The number of hydrogen-bond acceptors (Lipinski definition) is 4. The minimum absolute atomic E-state index is 0.213. The third-order valence-corrected chi connectivity index (χ3v) is 1.34. The third kappa shape index (κ3) is 7.65. The molecular formula is C7H16N4O4. The summed E-state index contributed by atoms with van der Waals surface area (Å²) in [6.07, 6.45) is -0.486. The average molecular weight is 220 g/mol. The van der Waals surface area contributed by atoms with E-state index in [1.54, 1.807) is 0 Å². The first kappa shape index (κ1) is 13.6. The van der Waals surface area contributed by atoms with Gasteiger partial charge in [-0.1, -0.05) is 0 Å². The van der Waals surface area contributed by atoms with Crippen LogP contribution >= 0.6 is 0 Å². The van der Waals surface area contributed by atoms with Crippen molar-refractivity contribution in [3.05, 3.63) is 10.1 Å². The van der Waals surface area contributed by atoms with Crippen molar-refractivity contribution < 1.29 is 14.5 Å². The quantitative estimate of drug-likeness (QED) is 0.196. The average Bonchev–Trinajstić information content (AvgIpc) is 2.14. The second kappa shape index (κ2) is 7.94. The molecule has 0 aliphatic heterocycles. The Balaban J connectivity index is 3.92. The number of nitrogens with one attached hydrogen (secondary N) is 1. The van der Waals surface area contributed by atoms with Crippen LogP contribution in [0.3, 0.4) is 0 Å².